The topological polar surface area (TPSA) is 241 Å². The minimum Gasteiger partial charge on any atom is -0.481 e. The molecule has 10 N–H and O–H groups in total. The highest BCUT2D eigenvalue weighted by atomic mass is 16.4. The molecular formula is C16H30N8O6. The van der Waals surface area contributed by atoms with Crippen LogP contribution in [0.4, 0.5) is 0 Å². The van der Waals surface area contributed by atoms with Crippen molar-refractivity contribution >= 4 is 35.6 Å². The summed E-state index contributed by atoms with van der Waals surface area (Å²) in [5, 5.41) is 11.2. The van der Waals surface area contributed by atoms with Crippen LogP contribution in [0.2, 0.25) is 0 Å². The molecule has 0 heterocycles. The number of carboxylic acid groups (broad SMARTS) is 1. The highest BCUT2D eigenvalue weighted by Gasteiger charge is 2.20. The van der Waals surface area contributed by atoms with Crippen LogP contribution in [0.25, 0.3) is 0 Å². The highest BCUT2D eigenvalue weighted by molar-refractivity contribution is 5.95. The lowest BCUT2D eigenvalue weighted by atomic mass is 10.2. The number of nitrogens with two attached hydrogens (primary N) is 4. The molecule has 0 spiro atoms. The number of carbonyl (C=O) groups excluding carboxylic acids is 4. The quantitative estimate of drug-likeness (QED) is 0.0886. The largest absolute Gasteiger partial charge is 0.481 e. The molecule has 0 rings (SSSR count). The van der Waals surface area contributed by atoms with Crippen molar-refractivity contribution in [1.29, 1.82) is 0 Å². The van der Waals surface area contributed by atoms with Gasteiger partial charge in [0.15, 0.2) is 5.96 Å². The van der Waals surface area contributed by atoms with E-state index in [-0.39, 0.29) is 57.1 Å². The van der Waals surface area contributed by atoms with E-state index in [1.165, 1.54) is 4.90 Å². The summed E-state index contributed by atoms with van der Waals surface area (Å²) in [7, 11) is 0. The third kappa shape index (κ3) is 12.9. The van der Waals surface area contributed by atoms with Gasteiger partial charge in [0.25, 0.3) is 0 Å². The first kappa shape index (κ1) is 26.6. The Labute approximate surface area is 173 Å². The summed E-state index contributed by atoms with van der Waals surface area (Å²) in [6.45, 7) is 0.871. The third-order valence-electron chi connectivity index (χ3n) is 3.52. The monoisotopic (exact) mass is 430 g/mol. The van der Waals surface area contributed by atoms with E-state index in [0.29, 0.717) is 0 Å². The molecule has 0 saturated heterocycles. The summed E-state index contributed by atoms with van der Waals surface area (Å²) < 4.78 is 0. The number of aliphatic imine (C=N–C) groups is 1. The second kappa shape index (κ2) is 13.7. The maximum absolute atomic E-state index is 12.3. The van der Waals surface area contributed by atoms with E-state index >= 15 is 0 Å². The van der Waals surface area contributed by atoms with Crippen molar-refractivity contribution < 1.29 is 29.1 Å². The Bertz CT molecular complexity index is 662. The first-order chi connectivity index (χ1) is 13.9. The van der Waals surface area contributed by atoms with E-state index in [1.807, 2.05) is 0 Å². The predicted molar refractivity (Wildman–Crippen MR) is 107 cm³/mol. The molecule has 0 aliphatic heterocycles. The number of nitrogens with zero attached hydrogens (tertiary/aromatic N) is 3. The normalized spacial score (nSPS) is 11.1. The van der Waals surface area contributed by atoms with Crippen LogP contribution in [0, 0.1) is 0 Å². The average molecular weight is 430 g/mol. The van der Waals surface area contributed by atoms with Gasteiger partial charge in [-0.2, -0.15) is 0 Å². The van der Waals surface area contributed by atoms with Gasteiger partial charge in [-0.3, -0.25) is 29.0 Å². The molecule has 0 aromatic heterocycles. The van der Waals surface area contributed by atoms with Gasteiger partial charge in [0.2, 0.25) is 23.6 Å². The van der Waals surface area contributed by atoms with Crippen molar-refractivity contribution in [2.75, 3.05) is 39.3 Å². The van der Waals surface area contributed by atoms with Crippen LogP contribution >= 0.6 is 0 Å². The number of nitrogens with one attached hydrogen (secondary N) is 1. The highest BCUT2D eigenvalue weighted by Crippen LogP contribution is 1.98. The van der Waals surface area contributed by atoms with Crippen molar-refractivity contribution in [3.05, 3.63) is 0 Å². The van der Waals surface area contributed by atoms with Crippen LogP contribution in [-0.4, -0.2) is 95.8 Å². The molecule has 14 heteroatoms. The van der Waals surface area contributed by atoms with Crippen LogP contribution in [0.15, 0.2) is 4.99 Å². The minimum absolute atomic E-state index is 0.0199. The van der Waals surface area contributed by atoms with Crippen molar-refractivity contribution in [2.24, 2.45) is 27.9 Å². The summed E-state index contributed by atoms with van der Waals surface area (Å²) >= 11 is 0. The van der Waals surface area contributed by atoms with Crippen molar-refractivity contribution in [3.8, 4) is 0 Å². The first-order valence-corrected chi connectivity index (χ1v) is 9.05. The fourth-order valence-corrected chi connectivity index (χ4v) is 2.32. The summed E-state index contributed by atoms with van der Waals surface area (Å²) in [5.41, 5.74) is 21.2. The standard InChI is InChI=1S/C16H30N8O6/c1-10(17)7-24(13(27)2-3-22-16(19)20)9-12(26)21-4-5-23(8-11(18)25)14(28)6-15(29)30/h10H,2-9,17H2,1H3,(H2,18,25)(H,21,26)(H,29,30)(H4,19,20,22)/t10-/m0/s1. The Morgan fingerprint density at radius 1 is 1.03 bits per heavy atom. The molecule has 4 amide bonds. The third-order valence-corrected chi connectivity index (χ3v) is 3.52. The van der Waals surface area contributed by atoms with Crippen LogP contribution in [-0.2, 0) is 24.0 Å². The van der Waals surface area contributed by atoms with E-state index in [1.54, 1.807) is 6.92 Å². The summed E-state index contributed by atoms with van der Waals surface area (Å²) in [6.07, 6.45) is -0.832. The Balaban J connectivity index is 4.75. The molecule has 0 aliphatic carbocycles. The molecule has 0 bridgehead atoms. The number of hydrogen-bond donors (Lipinski definition) is 6. The molecule has 0 unspecified atom stereocenters. The number of rotatable bonds is 14. The molecule has 0 radical (unpaired) electrons. The van der Waals surface area contributed by atoms with E-state index in [4.69, 9.17) is 28.0 Å². The van der Waals surface area contributed by atoms with Crippen LogP contribution in [0.1, 0.15) is 19.8 Å². The zero-order valence-corrected chi connectivity index (χ0v) is 16.9. The van der Waals surface area contributed by atoms with E-state index in [9.17, 15) is 24.0 Å². The van der Waals surface area contributed by atoms with Crippen molar-refractivity contribution in [1.82, 2.24) is 15.1 Å². The predicted octanol–water partition coefficient (Wildman–Crippen LogP) is -4.27. The molecule has 0 aromatic rings. The van der Waals surface area contributed by atoms with Gasteiger partial charge >= 0.3 is 5.97 Å². The van der Waals surface area contributed by atoms with Crippen molar-refractivity contribution in [3.63, 3.8) is 0 Å². The maximum atomic E-state index is 12.3. The van der Waals surface area contributed by atoms with Crippen molar-refractivity contribution in [2.45, 2.75) is 25.8 Å². The fraction of sp³-hybridized carbons (Fsp3) is 0.625. The van der Waals surface area contributed by atoms with E-state index in [2.05, 4.69) is 10.3 Å². The molecule has 0 saturated carbocycles. The lowest BCUT2D eigenvalue weighted by molar-refractivity contribution is -0.145. The van der Waals surface area contributed by atoms with Gasteiger partial charge in [-0.05, 0) is 6.92 Å². The second-order valence-corrected chi connectivity index (χ2v) is 6.51. The Morgan fingerprint density at radius 2 is 1.67 bits per heavy atom. The molecule has 1 atom stereocenters. The molecule has 0 aliphatic rings. The number of aliphatic carboxylic acids is 1. The summed E-state index contributed by atoms with van der Waals surface area (Å²) in [5.74, 6) is -4.06. The molecule has 30 heavy (non-hydrogen) atoms. The maximum Gasteiger partial charge on any atom is 0.312 e. The smallest absolute Gasteiger partial charge is 0.312 e. The molecule has 170 valence electrons. The Hall–Kier alpha value is -3.42. The van der Waals surface area contributed by atoms with Crippen LogP contribution in [0.3, 0.4) is 0 Å². The molecule has 0 fully saturated rings. The van der Waals surface area contributed by atoms with Gasteiger partial charge in [-0.1, -0.05) is 0 Å². The van der Waals surface area contributed by atoms with Gasteiger partial charge in [0.05, 0.1) is 19.6 Å². The zero-order chi connectivity index (χ0) is 23.3. The number of amides is 4. The van der Waals surface area contributed by atoms with Gasteiger partial charge < -0.3 is 43.2 Å². The lowest BCUT2D eigenvalue weighted by Gasteiger charge is -2.24. The second-order valence-electron chi connectivity index (χ2n) is 6.51. The fourth-order valence-electron chi connectivity index (χ4n) is 2.32. The zero-order valence-electron chi connectivity index (χ0n) is 16.9. The van der Waals surface area contributed by atoms with Gasteiger partial charge in [-0.15, -0.1) is 0 Å². The molecule has 0 aromatic carbocycles. The number of hydrogen-bond acceptors (Lipinski definition) is 7. The molecular weight excluding hydrogens is 400 g/mol. The van der Waals surface area contributed by atoms with Gasteiger partial charge in [-0.25, -0.2) is 0 Å². The van der Waals surface area contributed by atoms with Crippen LogP contribution in [0.5, 0.6) is 0 Å². The molecule has 14 nitrogen and oxygen atoms in total. The lowest BCUT2D eigenvalue weighted by Crippen LogP contribution is -2.47. The average Bonchev–Trinajstić information content (AvgIpc) is 2.58. The number of primary amides is 1. The number of carboxylic acids is 1. The number of guanidine groups is 1. The van der Waals surface area contributed by atoms with Gasteiger partial charge in [0, 0.05) is 32.1 Å². The Morgan fingerprint density at radius 3 is 2.17 bits per heavy atom. The van der Waals surface area contributed by atoms with Gasteiger partial charge in [0.1, 0.15) is 6.42 Å². The summed E-state index contributed by atoms with van der Waals surface area (Å²) in [4.78, 5) is 63.9. The SMILES string of the molecule is C[C@H](N)CN(CC(=O)NCCN(CC(N)=O)C(=O)CC(=O)O)C(=O)CCN=C(N)N. The first-order valence-electron chi connectivity index (χ1n) is 9.05. The number of carbonyl (C=O) groups is 5. The minimum atomic E-state index is -1.36. The van der Waals surface area contributed by atoms with Crippen LogP contribution < -0.4 is 28.3 Å². The Kier molecular flexibility index (Phi) is 12.1. The van der Waals surface area contributed by atoms with E-state index in [0.717, 1.165) is 4.90 Å². The summed E-state index contributed by atoms with van der Waals surface area (Å²) in [6, 6.07) is -0.385. The van der Waals surface area contributed by atoms with E-state index < -0.39 is 36.7 Å².